The zero-order chi connectivity index (χ0) is 19.4. The van der Waals surface area contributed by atoms with Crippen LogP contribution in [0.4, 0.5) is 18.9 Å². The Bertz CT molecular complexity index is 775. The van der Waals surface area contributed by atoms with E-state index in [4.69, 9.17) is 4.74 Å². The zero-order valence-corrected chi connectivity index (χ0v) is 15.5. The van der Waals surface area contributed by atoms with Gasteiger partial charge in [0.05, 0.1) is 18.4 Å². The molecule has 7 heteroatoms. The molecule has 0 amide bonds. The molecule has 0 saturated heterocycles. The lowest BCUT2D eigenvalue weighted by atomic mass is 9.97. The predicted octanol–water partition coefficient (Wildman–Crippen LogP) is 4.02. The minimum atomic E-state index is -4.39. The summed E-state index contributed by atoms with van der Waals surface area (Å²) in [7, 11) is 0. The van der Waals surface area contributed by atoms with Crippen molar-refractivity contribution in [2.45, 2.75) is 45.5 Å². The fourth-order valence-electron chi connectivity index (χ4n) is 3.17. The van der Waals surface area contributed by atoms with E-state index in [9.17, 15) is 13.2 Å². The second-order valence-corrected chi connectivity index (χ2v) is 6.79. The standard InChI is InChI=1S/C20H24F3N3O/c1-13-3-4-15-7-9-24-10-8-18(15)19(13)26-11-16-5-6-17(12-25-16)27-14(2)20(21,22)23/h3-6,12,14,24,26H,7-11H2,1-2H3. The van der Waals surface area contributed by atoms with Gasteiger partial charge in [-0.15, -0.1) is 0 Å². The van der Waals surface area contributed by atoms with Crippen LogP contribution >= 0.6 is 0 Å². The molecule has 0 radical (unpaired) electrons. The van der Waals surface area contributed by atoms with Gasteiger partial charge in [-0.2, -0.15) is 13.2 Å². The van der Waals surface area contributed by atoms with Crippen molar-refractivity contribution in [3.05, 3.63) is 52.8 Å². The molecule has 1 aliphatic rings. The minimum absolute atomic E-state index is 0.111. The van der Waals surface area contributed by atoms with Crippen LogP contribution in [0.2, 0.25) is 0 Å². The highest BCUT2D eigenvalue weighted by molar-refractivity contribution is 5.60. The smallest absolute Gasteiger partial charge is 0.425 e. The molecular weight excluding hydrogens is 355 g/mol. The van der Waals surface area contributed by atoms with Gasteiger partial charge in [-0.25, -0.2) is 0 Å². The Labute approximate surface area is 157 Å². The third-order valence-corrected chi connectivity index (χ3v) is 4.76. The van der Waals surface area contributed by atoms with Crippen LogP contribution in [0.3, 0.4) is 0 Å². The van der Waals surface area contributed by atoms with Crippen molar-refractivity contribution in [1.82, 2.24) is 10.3 Å². The molecule has 27 heavy (non-hydrogen) atoms. The summed E-state index contributed by atoms with van der Waals surface area (Å²) in [6.07, 6.45) is -2.94. The van der Waals surface area contributed by atoms with Gasteiger partial charge in [0.1, 0.15) is 5.75 Å². The van der Waals surface area contributed by atoms with Crippen LogP contribution in [0.1, 0.15) is 29.3 Å². The fourth-order valence-corrected chi connectivity index (χ4v) is 3.17. The summed E-state index contributed by atoms with van der Waals surface area (Å²) in [4.78, 5) is 4.22. The van der Waals surface area contributed by atoms with Gasteiger partial charge >= 0.3 is 6.18 Å². The normalized spacial score (nSPS) is 15.6. The first kappa shape index (κ1) is 19.5. The van der Waals surface area contributed by atoms with E-state index in [2.05, 4.69) is 34.7 Å². The maximum atomic E-state index is 12.6. The van der Waals surface area contributed by atoms with E-state index < -0.39 is 12.3 Å². The molecule has 0 saturated carbocycles. The highest BCUT2D eigenvalue weighted by Crippen LogP contribution is 2.28. The number of ether oxygens (including phenoxy) is 1. The molecule has 1 atom stereocenters. The van der Waals surface area contributed by atoms with Gasteiger partial charge in [0, 0.05) is 5.69 Å². The Kier molecular flexibility index (Phi) is 5.89. The number of aromatic nitrogens is 1. The van der Waals surface area contributed by atoms with E-state index >= 15 is 0 Å². The first-order valence-electron chi connectivity index (χ1n) is 9.09. The summed E-state index contributed by atoms with van der Waals surface area (Å²) < 4.78 is 42.6. The molecule has 2 heterocycles. The van der Waals surface area contributed by atoms with Crippen molar-refractivity contribution in [2.75, 3.05) is 18.4 Å². The SMILES string of the molecule is Cc1ccc2c(c1NCc1ccc(OC(C)C(F)(F)F)cn1)CCNCC2. The Morgan fingerprint density at radius 2 is 1.96 bits per heavy atom. The number of pyridine rings is 1. The number of alkyl halides is 3. The number of fused-ring (bicyclic) bond motifs is 1. The highest BCUT2D eigenvalue weighted by atomic mass is 19.4. The summed E-state index contributed by atoms with van der Waals surface area (Å²) in [5, 5.41) is 6.87. The van der Waals surface area contributed by atoms with Gasteiger partial charge in [0.15, 0.2) is 6.10 Å². The number of halogens is 3. The first-order valence-corrected chi connectivity index (χ1v) is 9.09. The van der Waals surface area contributed by atoms with Crippen molar-refractivity contribution >= 4 is 5.69 Å². The van der Waals surface area contributed by atoms with Crippen molar-refractivity contribution in [2.24, 2.45) is 0 Å². The number of anilines is 1. The maximum absolute atomic E-state index is 12.6. The van der Waals surface area contributed by atoms with Crippen LogP contribution < -0.4 is 15.4 Å². The monoisotopic (exact) mass is 379 g/mol. The summed E-state index contributed by atoms with van der Waals surface area (Å²) in [6, 6.07) is 7.52. The number of hydrogen-bond acceptors (Lipinski definition) is 4. The number of benzene rings is 1. The number of aryl methyl sites for hydroxylation is 1. The maximum Gasteiger partial charge on any atom is 0.425 e. The summed E-state index contributed by atoms with van der Waals surface area (Å²) in [6.45, 7) is 5.49. The average Bonchev–Trinajstić information content (AvgIpc) is 2.87. The number of nitrogens with one attached hydrogen (secondary N) is 2. The lowest BCUT2D eigenvalue weighted by Crippen LogP contribution is -2.31. The summed E-state index contributed by atoms with van der Waals surface area (Å²) in [5.74, 6) is 0.111. The van der Waals surface area contributed by atoms with Gasteiger partial charge in [-0.1, -0.05) is 12.1 Å². The minimum Gasteiger partial charge on any atom is -0.480 e. The molecule has 2 N–H and O–H groups in total. The molecule has 1 aliphatic heterocycles. The molecule has 0 aliphatic carbocycles. The quantitative estimate of drug-likeness (QED) is 0.824. The molecule has 1 aromatic carbocycles. The Morgan fingerprint density at radius 1 is 1.19 bits per heavy atom. The molecule has 0 fully saturated rings. The fraction of sp³-hybridized carbons (Fsp3) is 0.450. The summed E-state index contributed by atoms with van der Waals surface area (Å²) >= 11 is 0. The molecular formula is C20H24F3N3O. The molecule has 3 rings (SSSR count). The van der Waals surface area contributed by atoms with Gasteiger partial charge in [0.2, 0.25) is 0 Å². The molecule has 0 bridgehead atoms. The van der Waals surface area contributed by atoms with Gasteiger partial charge in [-0.05, 0) is 68.6 Å². The lowest BCUT2D eigenvalue weighted by Gasteiger charge is -2.18. The largest absolute Gasteiger partial charge is 0.480 e. The topological polar surface area (TPSA) is 46.2 Å². The van der Waals surface area contributed by atoms with E-state index in [1.54, 1.807) is 6.07 Å². The van der Waals surface area contributed by atoms with E-state index in [1.165, 1.54) is 29.0 Å². The Morgan fingerprint density at radius 3 is 2.67 bits per heavy atom. The predicted molar refractivity (Wildman–Crippen MR) is 99.2 cm³/mol. The number of nitrogens with zero attached hydrogens (tertiary/aromatic N) is 1. The van der Waals surface area contributed by atoms with E-state index in [0.29, 0.717) is 6.54 Å². The lowest BCUT2D eigenvalue weighted by molar-refractivity contribution is -0.189. The van der Waals surface area contributed by atoms with Crippen molar-refractivity contribution in [3.8, 4) is 5.75 Å². The van der Waals surface area contributed by atoms with Crippen molar-refractivity contribution in [1.29, 1.82) is 0 Å². The van der Waals surface area contributed by atoms with Crippen molar-refractivity contribution in [3.63, 3.8) is 0 Å². The van der Waals surface area contributed by atoms with Gasteiger partial charge in [-0.3, -0.25) is 4.98 Å². The summed E-state index contributed by atoms with van der Waals surface area (Å²) in [5.41, 5.74) is 5.73. The van der Waals surface area contributed by atoms with E-state index in [0.717, 1.165) is 44.2 Å². The molecule has 1 aromatic heterocycles. The molecule has 0 spiro atoms. The zero-order valence-electron chi connectivity index (χ0n) is 15.5. The van der Waals surface area contributed by atoms with E-state index in [1.807, 2.05) is 0 Å². The first-order chi connectivity index (χ1) is 12.8. The number of hydrogen-bond donors (Lipinski definition) is 2. The van der Waals surface area contributed by atoms with Gasteiger partial charge < -0.3 is 15.4 Å². The highest BCUT2D eigenvalue weighted by Gasteiger charge is 2.38. The Hall–Kier alpha value is -2.28. The van der Waals surface area contributed by atoms with Crippen LogP contribution in [0.15, 0.2) is 30.5 Å². The van der Waals surface area contributed by atoms with E-state index in [-0.39, 0.29) is 5.75 Å². The van der Waals surface area contributed by atoms with Crippen molar-refractivity contribution < 1.29 is 17.9 Å². The van der Waals surface area contributed by atoms with Crippen LogP contribution in [0.5, 0.6) is 5.75 Å². The van der Waals surface area contributed by atoms with Gasteiger partial charge in [0.25, 0.3) is 0 Å². The Balaban J connectivity index is 1.67. The van der Waals surface area contributed by atoms with Crippen LogP contribution in [0, 0.1) is 6.92 Å². The molecule has 2 aromatic rings. The second kappa shape index (κ2) is 8.17. The van der Waals surface area contributed by atoms with Crippen LogP contribution in [-0.2, 0) is 19.4 Å². The molecule has 146 valence electrons. The number of rotatable bonds is 5. The second-order valence-electron chi connectivity index (χ2n) is 6.79. The molecule has 4 nitrogen and oxygen atoms in total. The van der Waals surface area contributed by atoms with Crippen LogP contribution in [0.25, 0.3) is 0 Å². The third kappa shape index (κ3) is 4.91. The molecule has 1 unspecified atom stereocenters. The average molecular weight is 379 g/mol. The van der Waals surface area contributed by atoms with Crippen LogP contribution in [-0.4, -0.2) is 30.4 Å². The third-order valence-electron chi connectivity index (χ3n) is 4.76.